The van der Waals surface area contributed by atoms with Gasteiger partial charge in [0.2, 0.25) is 0 Å². The molecule has 258 valence electrons. The average molecular weight is 718 g/mol. The highest BCUT2D eigenvalue weighted by Gasteiger charge is 2.47. The Morgan fingerprint density at radius 3 is 1.80 bits per heavy atom. The summed E-state index contributed by atoms with van der Waals surface area (Å²) in [6, 6.07) is 78.3. The van der Waals surface area contributed by atoms with Crippen LogP contribution in [-0.2, 0) is 5.41 Å². The lowest BCUT2D eigenvalue weighted by molar-refractivity contribution is 0.768. The third-order valence-corrected chi connectivity index (χ3v) is 12.7. The van der Waals surface area contributed by atoms with Crippen molar-refractivity contribution < 1.29 is 0 Å². The van der Waals surface area contributed by atoms with E-state index in [4.69, 9.17) is 0 Å². The maximum Gasteiger partial charge on any atom is 0.0714 e. The summed E-state index contributed by atoms with van der Waals surface area (Å²) < 4.78 is 2.58. The molecule has 0 atom stereocenters. The predicted molar refractivity (Wildman–Crippen MR) is 234 cm³/mol. The summed E-state index contributed by atoms with van der Waals surface area (Å²) in [6.07, 6.45) is 0. The summed E-state index contributed by atoms with van der Waals surface area (Å²) in [4.78, 5) is 2.52. The monoisotopic (exact) mass is 717 g/mol. The average Bonchev–Trinajstić information content (AvgIpc) is 3.79. The van der Waals surface area contributed by atoms with Crippen LogP contribution in [0.3, 0.4) is 0 Å². The third kappa shape index (κ3) is 4.85. The van der Waals surface area contributed by atoms with Crippen LogP contribution in [0.5, 0.6) is 0 Å². The maximum absolute atomic E-state index is 2.52. The Labute approximate surface area is 325 Å². The number of anilines is 3. The van der Waals surface area contributed by atoms with E-state index in [2.05, 4.69) is 217 Å². The van der Waals surface area contributed by atoms with Crippen LogP contribution in [0, 0.1) is 0 Å². The smallest absolute Gasteiger partial charge is 0.0714 e. The summed E-state index contributed by atoms with van der Waals surface area (Å²) in [5.41, 5.74) is 13.1. The molecule has 0 saturated carbocycles. The van der Waals surface area contributed by atoms with Gasteiger partial charge in [0, 0.05) is 31.4 Å². The van der Waals surface area contributed by atoms with Crippen LogP contribution in [0.25, 0.3) is 53.2 Å². The number of nitrogens with zero attached hydrogens (tertiary/aromatic N) is 1. The molecule has 0 saturated heterocycles. The fourth-order valence-corrected chi connectivity index (χ4v) is 10.3. The van der Waals surface area contributed by atoms with Crippen molar-refractivity contribution in [2.75, 3.05) is 4.90 Å². The predicted octanol–water partition coefficient (Wildman–Crippen LogP) is 14.7. The van der Waals surface area contributed by atoms with E-state index < -0.39 is 5.41 Å². The first-order chi connectivity index (χ1) is 27.3. The molecule has 1 aliphatic carbocycles. The van der Waals surface area contributed by atoms with E-state index in [1.807, 2.05) is 11.3 Å². The molecule has 1 aliphatic rings. The second-order valence-electron chi connectivity index (χ2n) is 14.4. The van der Waals surface area contributed by atoms with Gasteiger partial charge in [0.05, 0.1) is 16.8 Å². The van der Waals surface area contributed by atoms with Crippen LogP contribution in [0.4, 0.5) is 17.1 Å². The second-order valence-corrected chi connectivity index (χ2v) is 15.5. The van der Waals surface area contributed by atoms with Gasteiger partial charge < -0.3 is 4.90 Å². The summed E-state index contributed by atoms with van der Waals surface area (Å²) in [7, 11) is 0. The lowest BCUT2D eigenvalue weighted by atomic mass is 9.68. The Balaban J connectivity index is 1.20. The summed E-state index contributed by atoms with van der Waals surface area (Å²) in [5, 5.41) is 5.07. The Hall–Kier alpha value is -6.74. The van der Waals surface area contributed by atoms with Crippen molar-refractivity contribution in [3.8, 4) is 22.3 Å². The summed E-state index contributed by atoms with van der Waals surface area (Å²) in [6.45, 7) is 0. The van der Waals surface area contributed by atoms with E-state index in [9.17, 15) is 0 Å². The highest BCUT2D eigenvalue weighted by atomic mass is 32.1. The van der Waals surface area contributed by atoms with Gasteiger partial charge in [0.15, 0.2) is 0 Å². The molecule has 0 amide bonds. The Bertz CT molecular complexity index is 2990. The molecule has 55 heavy (non-hydrogen) atoms. The first-order valence-corrected chi connectivity index (χ1v) is 19.7. The van der Waals surface area contributed by atoms with Gasteiger partial charge in [0.1, 0.15) is 0 Å². The zero-order valence-corrected chi connectivity index (χ0v) is 30.9. The van der Waals surface area contributed by atoms with Gasteiger partial charge in [0.25, 0.3) is 0 Å². The normalized spacial score (nSPS) is 12.9. The molecule has 0 aliphatic heterocycles. The fourth-order valence-electron chi connectivity index (χ4n) is 9.18. The van der Waals surface area contributed by atoms with E-state index in [1.54, 1.807) is 0 Å². The molecule has 11 rings (SSSR count). The lowest BCUT2D eigenvalue weighted by Crippen LogP contribution is -2.28. The van der Waals surface area contributed by atoms with Crippen LogP contribution >= 0.6 is 11.3 Å². The first kappa shape index (κ1) is 31.8. The Morgan fingerprint density at radius 1 is 0.400 bits per heavy atom. The van der Waals surface area contributed by atoms with Gasteiger partial charge in [-0.25, -0.2) is 0 Å². The SMILES string of the molecule is c1ccc(C2(c3ccccc3)c3ccccc3-c3c(N(c4ccc(-c5ccc6ccccc6c5)cc4)c4cccc5sc6ccccc6c45)cccc32)cc1. The Morgan fingerprint density at radius 2 is 1.00 bits per heavy atom. The lowest BCUT2D eigenvalue weighted by Gasteiger charge is -2.34. The van der Waals surface area contributed by atoms with E-state index in [0.29, 0.717) is 0 Å². The molecule has 0 radical (unpaired) electrons. The van der Waals surface area contributed by atoms with Crippen LogP contribution < -0.4 is 4.90 Å². The number of benzene rings is 9. The minimum atomic E-state index is -0.489. The molecule has 2 heteroatoms. The van der Waals surface area contributed by atoms with Gasteiger partial charge in [-0.1, -0.05) is 170 Å². The number of fused-ring (bicyclic) bond motifs is 7. The zero-order chi connectivity index (χ0) is 36.3. The van der Waals surface area contributed by atoms with Crippen molar-refractivity contribution in [3.63, 3.8) is 0 Å². The quantitative estimate of drug-likeness (QED) is 0.166. The van der Waals surface area contributed by atoms with E-state index in [0.717, 1.165) is 5.69 Å². The maximum atomic E-state index is 2.52. The number of thiophene rings is 1. The minimum absolute atomic E-state index is 0.489. The molecular weight excluding hydrogens is 683 g/mol. The van der Waals surface area contributed by atoms with Gasteiger partial charge in [-0.15, -0.1) is 11.3 Å². The molecule has 1 aromatic heterocycles. The zero-order valence-electron chi connectivity index (χ0n) is 30.1. The van der Waals surface area contributed by atoms with E-state index in [1.165, 1.54) is 86.8 Å². The minimum Gasteiger partial charge on any atom is -0.309 e. The van der Waals surface area contributed by atoms with E-state index >= 15 is 0 Å². The standard InChI is InChI=1S/C53H35NS/c1-3-17-40(18-4-1)53(41-19-5-2-6-20-41)45-23-11-9-21-43(45)51-46(53)24-13-25-47(51)54(48-26-14-28-50-52(48)44-22-10-12-27-49(44)55-50)42-33-31-37(32-34-42)39-30-29-36-15-7-8-16-38(36)35-39/h1-35H. The number of hydrogen-bond acceptors (Lipinski definition) is 2. The van der Waals surface area contributed by atoms with Crippen LogP contribution in [-0.4, -0.2) is 0 Å². The molecule has 0 fully saturated rings. The van der Waals surface area contributed by atoms with Crippen molar-refractivity contribution in [1.82, 2.24) is 0 Å². The topological polar surface area (TPSA) is 3.24 Å². The van der Waals surface area contributed by atoms with Gasteiger partial charge in [-0.3, -0.25) is 0 Å². The fraction of sp³-hybridized carbons (Fsp3) is 0.0189. The van der Waals surface area contributed by atoms with Crippen LogP contribution in [0.1, 0.15) is 22.3 Å². The molecule has 0 unspecified atom stereocenters. The highest BCUT2D eigenvalue weighted by Crippen LogP contribution is 2.60. The molecule has 9 aromatic carbocycles. The van der Waals surface area contributed by atoms with E-state index in [-0.39, 0.29) is 0 Å². The van der Waals surface area contributed by atoms with Crippen molar-refractivity contribution in [2.45, 2.75) is 5.41 Å². The largest absolute Gasteiger partial charge is 0.309 e. The van der Waals surface area contributed by atoms with Crippen molar-refractivity contribution in [3.05, 3.63) is 235 Å². The molecule has 0 spiro atoms. The molecule has 1 nitrogen and oxygen atoms in total. The van der Waals surface area contributed by atoms with Crippen LogP contribution in [0.15, 0.2) is 212 Å². The summed E-state index contributed by atoms with van der Waals surface area (Å²) in [5.74, 6) is 0. The molecule has 10 aromatic rings. The number of hydrogen-bond donors (Lipinski definition) is 0. The molecular formula is C53H35NS. The van der Waals surface area contributed by atoms with Crippen LogP contribution in [0.2, 0.25) is 0 Å². The molecule has 0 bridgehead atoms. The van der Waals surface area contributed by atoms with Gasteiger partial charge in [-0.05, 0) is 92.2 Å². The third-order valence-electron chi connectivity index (χ3n) is 11.5. The second kappa shape index (κ2) is 12.7. The highest BCUT2D eigenvalue weighted by molar-refractivity contribution is 7.26. The van der Waals surface area contributed by atoms with Gasteiger partial charge in [-0.2, -0.15) is 0 Å². The number of rotatable bonds is 6. The van der Waals surface area contributed by atoms with Crippen molar-refractivity contribution >= 4 is 59.3 Å². The first-order valence-electron chi connectivity index (χ1n) is 18.9. The molecule has 1 heterocycles. The Kier molecular flexibility index (Phi) is 7.33. The van der Waals surface area contributed by atoms with Crippen molar-refractivity contribution in [2.24, 2.45) is 0 Å². The van der Waals surface area contributed by atoms with Crippen molar-refractivity contribution in [1.29, 1.82) is 0 Å². The molecule has 0 N–H and O–H groups in total. The van der Waals surface area contributed by atoms with Gasteiger partial charge >= 0.3 is 0 Å². The summed E-state index contributed by atoms with van der Waals surface area (Å²) >= 11 is 1.87.